The molecule has 0 fully saturated rings. The first kappa shape index (κ1) is 13.4. The van der Waals surface area contributed by atoms with E-state index in [1.54, 1.807) is 11.3 Å². The lowest BCUT2D eigenvalue weighted by molar-refractivity contribution is 1.19. The summed E-state index contributed by atoms with van der Waals surface area (Å²) in [4.78, 5) is 2.82. The summed E-state index contributed by atoms with van der Waals surface area (Å²) in [5.74, 6) is 0. The van der Waals surface area contributed by atoms with Crippen LogP contribution in [0.1, 0.15) is 25.7 Å². The lowest BCUT2D eigenvalue weighted by atomic mass is 10.1. The minimum Gasteiger partial charge on any atom is -0.144 e. The first-order valence-corrected chi connectivity index (χ1v) is 7.64. The van der Waals surface area contributed by atoms with Gasteiger partial charge < -0.3 is 0 Å². The Morgan fingerprint density at radius 2 is 1.82 bits per heavy atom. The van der Waals surface area contributed by atoms with Crippen molar-refractivity contribution >= 4 is 50.5 Å². The van der Waals surface area contributed by atoms with Crippen LogP contribution in [0.25, 0.3) is 0 Å². The van der Waals surface area contributed by atoms with Gasteiger partial charge in [-0.05, 0) is 43.2 Å². The molecule has 1 heterocycles. The van der Waals surface area contributed by atoms with Crippen molar-refractivity contribution in [3.8, 4) is 0 Å². The van der Waals surface area contributed by atoms with Gasteiger partial charge in [-0.1, -0.05) is 45.2 Å². The van der Waals surface area contributed by atoms with Crippen molar-refractivity contribution in [3.63, 3.8) is 0 Å². The van der Waals surface area contributed by atoms with Crippen LogP contribution in [0, 0.1) is 13.8 Å². The van der Waals surface area contributed by atoms with Gasteiger partial charge in [0.15, 0.2) is 0 Å². The third kappa shape index (κ3) is 2.87. The zero-order valence-corrected chi connectivity index (χ0v) is 13.3. The van der Waals surface area contributed by atoms with Gasteiger partial charge in [0.25, 0.3) is 0 Å². The van der Waals surface area contributed by atoms with E-state index in [9.17, 15) is 0 Å². The highest BCUT2D eigenvalue weighted by molar-refractivity contribution is 9.09. The second-order valence-electron chi connectivity index (χ2n) is 3.94. The molecule has 0 N–H and O–H groups in total. The molecule has 0 aliphatic heterocycles. The molecule has 0 spiro atoms. The summed E-state index contributed by atoms with van der Waals surface area (Å²) in [5.41, 5.74) is 2.43. The number of thiophene rings is 1. The molecule has 4 heteroatoms. The average Bonchev–Trinajstić information content (AvgIpc) is 2.61. The Morgan fingerprint density at radius 3 is 2.35 bits per heavy atom. The number of alkyl halides is 1. The minimum absolute atomic E-state index is 0.177. The molecule has 0 bridgehead atoms. The van der Waals surface area contributed by atoms with Crippen LogP contribution in [-0.4, -0.2) is 0 Å². The van der Waals surface area contributed by atoms with Gasteiger partial charge >= 0.3 is 0 Å². The van der Waals surface area contributed by atoms with Gasteiger partial charge in [0.2, 0.25) is 0 Å². The van der Waals surface area contributed by atoms with E-state index in [2.05, 4.69) is 35.8 Å². The van der Waals surface area contributed by atoms with Crippen molar-refractivity contribution in [2.45, 2.75) is 18.7 Å². The highest BCUT2D eigenvalue weighted by atomic mass is 79.9. The minimum atomic E-state index is 0.177. The number of aryl methyl sites for hydroxylation is 2. The second-order valence-corrected chi connectivity index (χ2v) is 6.96. The molecule has 2 aromatic rings. The van der Waals surface area contributed by atoms with E-state index < -0.39 is 0 Å². The van der Waals surface area contributed by atoms with E-state index >= 15 is 0 Å². The van der Waals surface area contributed by atoms with Crippen LogP contribution in [0.3, 0.4) is 0 Å². The van der Waals surface area contributed by atoms with Crippen molar-refractivity contribution in [1.82, 2.24) is 0 Å². The largest absolute Gasteiger partial charge is 0.144 e. The standard InChI is InChI=1S/C13H11BrCl2S/c1-7-5-8(2)17-13(7)12(14)9-3-4-10(15)11(16)6-9/h3-6,12H,1-2H3. The van der Waals surface area contributed by atoms with Crippen LogP contribution in [0.4, 0.5) is 0 Å². The molecule has 0 nitrogen and oxygen atoms in total. The molecular formula is C13H11BrCl2S. The first-order chi connectivity index (χ1) is 7.99. The summed E-state index contributed by atoms with van der Waals surface area (Å²) in [6.45, 7) is 4.25. The van der Waals surface area contributed by atoms with Crippen LogP contribution < -0.4 is 0 Å². The highest BCUT2D eigenvalue weighted by Gasteiger charge is 2.16. The normalized spacial score (nSPS) is 12.8. The fourth-order valence-electron chi connectivity index (χ4n) is 1.73. The zero-order chi connectivity index (χ0) is 12.6. The van der Waals surface area contributed by atoms with Crippen molar-refractivity contribution in [2.24, 2.45) is 0 Å². The van der Waals surface area contributed by atoms with Gasteiger partial charge in [-0.25, -0.2) is 0 Å². The number of benzene rings is 1. The fourth-order valence-corrected chi connectivity index (χ4v) is 4.01. The predicted octanol–water partition coefficient (Wildman–Crippen LogP) is 6.16. The maximum Gasteiger partial charge on any atom is 0.0741 e. The molecule has 0 aliphatic rings. The number of hydrogen-bond donors (Lipinski definition) is 0. The van der Waals surface area contributed by atoms with Crippen LogP contribution in [0.15, 0.2) is 24.3 Å². The molecule has 0 aliphatic carbocycles. The lowest BCUT2D eigenvalue weighted by Gasteiger charge is -2.10. The van der Waals surface area contributed by atoms with E-state index in [0.29, 0.717) is 10.0 Å². The monoisotopic (exact) mass is 348 g/mol. The molecule has 17 heavy (non-hydrogen) atoms. The van der Waals surface area contributed by atoms with Gasteiger partial charge in [-0.3, -0.25) is 0 Å². The van der Waals surface area contributed by atoms with Gasteiger partial charge in [0, 0.05) is 9.75 Å². The van der Waals surface area contributed by atoms with E-state index in [0.717, 1.165) is 5.56 Å². The third-order valence-electron chi connectivity index (χ3n) is 2.55. The molecule has 0 saturated heterocycles. The van der Waals surface area contributed by atoms with Gasteiger partial charge in [-0.15, -0.1) is 11.3 Å². The summed E-state index contributed by atoms with van der Waals surface area (Å²) < 4.78 is 0. The molecule has 1 aromatic heterocycles. The molecular weight excluding hydrogens is 339 g/mol. The molecule has 0 amide bonds. The molecule has 90 valence electrons. The van der Waals surface area contributed by atoms with Crippen LogP contribution in [-0.2, 0) is 0 Å². The molecule has 2 rings (SSSR count). The van der Waals surface area contributed by atoms with Crippen molar-refractivity contribution in [2.75, 3.05) is 0 Å². The van der Waals surface area contributed by atoms with Crippen molar-refractivity contribution < 1.29 is 0 Å². The Balaban J connectivity index is 2.40. The zero-order valence-electron chi connectivity index (χ0n) is 9.43. The van der Waals surface area contributed by atoms with E-state index in [4.69, 9.17) is 23.2 Å². The lowest BCUT2D eigenvalue weighted by Crippen LogP contribution is -1.91. The van der Waals surface area contributed by atoms with E-state index in [1.807, 2.05) is 18.2 Å². The van der Waals surface area contributed by atoms with Crippen LogP contribution in [0.5, 0.6) is 0 Å². The average molecular weight is 350 g/mol. The molecule has 1 atom stereocenters. The van der Waals surface area contributed by atoms with Crippen molar-refractivity contribution in [1.29, 1.82) is 0 Å². The Kier molecular flexibility index (Phi) is 4.19. The topological polar surface area (TPSA) is 0 Å². The summed E-state index contributed by atoms with van der Waals surface area (Å²) in [5, 5.41) is 1.19. The number of halogens is 3. The maximum atomic E-state index is 6.04. The Labute approximate surface area is 124 Å². The van der Waals surface area contributed by atoms with Crippen LogP contribution in [0.2, 0.25) is 10.0 Å². The molecule has 1 aromatic carbocycles. The summed E-state index contributed by atoms with van der Waals surface area (Å²) in [6, 6.07) is 7.95. The SMILES string of the molecule is Cc1cc(C)c(C(Br)c2ccc(Cl)c(Cl)c2)s1. The Bertz CT molecular complexity index is 548. The molecule has 1 unspecified atom stereocenters. The van der Waals surface area contributed by atoms with E-state index in [-0.39, 0.29) is 4.83 Å². The highest BCUT2D eigenvalue weighted by Crippen LogP contribution is 2.39. The van der Waals surface area contributed by atoms with Crippen LogP contribution >= 0.6 is 50.5 Å². The van der Waals surface area contributed by atoms with Gasteiger partial charge in [0.1, 0.15) is 0 Å². The summed E-state index contributed by atoms with van der Waals surface area (Å²) in [6.07, 6.45) is 0. The molecule has 0 radical (unpaired) electrons. The molecule has 0 saturated carbocycles. The van der Waals surface area contributed by atoms with Crippen molar-refractivity contribution in [3.05, 3.63) is 55.2 Å². The number of rotatable bonds is 2. The predicted molar refractivity (Wildman–Crippen MR) is 81.0 cm³/mol. The number of hydrogen-bond acceptors (Lipinski definition) is 1. The first-order valence-electron chi connectivity index (χ1n) is 5.15. The quantitative estimate of drug-likeness (QED) is 0.570. The Morgan fingerprint density at radius 1 is 1.12 bits per heavy atom. The van der Waals surface area contributed by atoms with Gasteiger partial charge in [-0.2, -0.15) is 0 Å². The summed E-state index contributed by atoms with van der Waals surface area (Å²) in [7, 11) is 0. The second kappa shape index (κ2) is 5.31. The van der Waals surface area contributed by atoms with E-state index in [1.165, 1.54) is 15.3 Å². The maximum absolute atomic E-state index is 6.04. The summed E-state index contributed by atoms with van der Waals surface area (Å²) >= 11 is 17.5. The third-order valence-corrected chi connectivity index (χ3v) is 5.79. The smallest absolute Gasteiger partial charge is 0.0741 e. The fraction of sp³-hybridized carbons (Fsp3) is 0.231. The van der Waals surface area contributed by atoms with Gasteiger partial charge in [0.05, 0.1) is 14.9 Å². The Hall–Kier alpha value is -0.0200.